The average Bonchev–Trinajstić information content (AvgIpc) is 3.72. The summed E-state index contributed by atoms with van der Waals surface area (Å²) < 4.78 is 0. The van der Waals surface area contributed by atoms with Crippen LogP contribution in [0.4, 0.5) is 22.7 Å². The molecule has 2 atom stereocenters. The van der Waals surface area contributed by atoms with E-state index in [9.17, 15) is 0 Å². The Bertz CT molecular complexity index is 2630. The molecule has 4 aliphatic rings. The monoisotopic (exact) mass is 704 g/mol. The van der Waals surface area contributed by atoms with E-state index in [0.29, 0.717) is 0 Å². The van der Waals surface area contributed by atoms with Gasteiger partial charge in [0.15, 0.2) is 0 Å². The van der Waals surface area contributed by atoms with Crippen LogP contribution in [-0.2, 0) is 5.41 Å². The highest BCUT2D eigenvalue weighted by molar-refractivity contribution is 6.12. The minimum Gasteiger partial charge on any atom is -0.334 e. The van der Waals surface area contributed by atoms with Crippen molar-refractivity contribution in [1.29, 1.82) is 0 Å². The quantitative estimate of drug-likeness (QED) is 0.170. The van der Waals surface area contributed by atoms with Crippen LogP contribution in [0, 0.1) is 0 Å². The van der Waals surface area contributed by atoms with Crippen molar-refractivity contribution in [2.24, 2.45) is 0 Å². The summed E-state index contributed by atoms with van der Waals surface area (Å²) in [5.74, 6) is 0. The van der Waals surface area contributed by atoms with Crippen molar-refractivity contribution >= 4 is 39.1 Å². The summed E-state index contributed by atoms with van der Waals surface area (Å²) in [5.41, 5.74) is 15.2. The third-order valence-electron chi connectivity index (χ3n) is 12.2. The lowest BCUT2D eigenvalue weighted by atomic mass is 9.69. The van der Waals surface area contributed by atoms with Crippen molar-refractivity contribution < 1.29 is 0 Å². The van der Waals surface area contributed by atoms with Gasteiger partial charge in [-0.15, -0.1) is 0 Å². The summed E-state index contributed by atoms with van der Waals surface area (Å²) in [6.07, 6.45) is 16.1. The first-order chi connectivity index (χ1) is 27.3. The fourth-order valence-corrected chi connectivity index (χ4v) is 10.1. The molecular weight excluding hydrogens is 665 g/mol. The van der Waals surface area contributed by atoms with Crippen molar-refractivity contribution in [3.05, 3.63) is 234 Å². The van der Waals surface area contributed by atoms with Crippen LogP contribution in [0.15, 0.2) is 212 Å². The molecule has 55 heavy (non-hydrogen) atoms. The number of hydrogen-bond donors (Lipinski definition) is 0. The van der Waals surface area contributed by atoms with Crippen molar-refractivity contribution in [3.63, 3.8) is 0 Å². The zero-order valence-corrected chi connectivity index (χ0v) is 30.6. The van der Waals surface area contributed by atoms with Crippen molar-refractivity contribution in [2.75, 3.05) is 9.80 Å². The Balaban J connectivity index is 1.23. The Hall–Kier alpha value is -6.64. The van der Waals surface area contributed by atoms with E-state index in [2.05, 4.69) is 216 Å². The molecule has 0 radical (unpaired) electrons. The number of rotatable bonds is 6. The van der Waals surface area contributed by atoms with Crippen LogP contribution in [0.2, 0.25) is 0 Å². The Morgan fingerprint density at radius 3 is 1.62 bits per heavy atom. The van der Waals surface area contributed by atoms with Crippen molar-refractivity contribution in [2.45, 2.75) is 30.3 Å². The fraction of sp³-hybridized carbons (Fsp3) is 0.0943. The maximum absolute atomic E-state index is 2.63. The zero-order valence-electron chi connectivity index (χ0n) is 30.6. The molecule has 11 rings (SSSR count). The van der Waals surface area contributed by atoms with E-state index >= 15 is 0 Å². The van der Waals surface area contributed by atoms with Gasteiger partial charge in [0.05, 0.1) is 17.5 Å². The molecular formula is C53H40N2. The maximum atomic E-state index is 2.63. The van der Waals surface area contributed by atoms with Gasteiger partial charge in [-0.1, -0.05) is 164 Å². The summed E-state index contributed by atoms with van der Waals surface area (Å²) in [6, 6.07) is 63.2. The molecule has 7 aromatic rings. The topological polar surface area (TPSA) is 6.48 Å². The van der Waals surface area contributed by atoms with Gasteiger partial charge in [0.2, 0.25) is 0 Å². The average molecular weight is 705 g/mol. The first-order valence-corrected chi connectivity index (χ1v) is 19.6. The first kappa shape index (κ1) is 31.8. The summed E-state index contributed by atoms with van der Waals surface area (Å²) in [6.45, 7) is 0. The molecule has 0 saturated carbocycles. The van der Waals surface area contributed by atoms with Crippen LogP contribution in [0.1, 0.15) is 35.1 Å². The van der Waals surface area contributed by atoms with Gasteiger partial charge in [0.1, 0.15) is 0 Å². The minimum absolute atomic E-state index is 0.111. The second-order valence-corrected chi connectivity index (χ2v) is 15.1. The highest BCUT2D eigenvalue weighted by Crippen LogP contribution is 2.66. The molecule has 0 bridgehead atoms. The molecule has 0 N–H and O–H groups in total. The van der Waals surface area contributed by atoms with Gasteiger partial charge in [-0.2, -0.15) is 0 Å². The van der Waals surface area contributed by atoms with Gasteiger partial charge in [0, 0.05) is 28.1 Å². The van der Waals surface area contributed by atoms with E-state index < -0.39 is 5.41 Å². The molecule has 2 heteroatoms. The number of benzene rings is 7. The Labute approximate surface area is 323 Å². The Kier molecular flexibility index (Phi) is 7.38. The zero-order chi connectivity index (χ0) is 36.3. The predicted octanol–water partition coefficient (Wildman–Crippen LogP) is 13.1. The van der Waals surface area contributed by atoms with Crippen LogP contribution in [0.5, 0.6) is 0 Å². The molecule has 4 aliphatic carbocycles. The molecule has 0 saturated heterocycles. The number of para-hydroxylation sites is 3. The third kappa shape index (κ3) is 4.74. The van der Waals surface area contributed by atoms with E-state index in [4.69, 9.17) is 0 Å². The molecule has 2 nitrogen and oxygen atoms in total. The van der Waals surface area contributed by atoms with E-state index in [0.717, 1.165) is 12.8 Å². The summed E-state index contributed by atoms with van der Waals surface area (Å²) in [5, 5.41) is 2.59. The largest absolute Gasteiger partial charge is 0.334 e. The lowest BCUT2D eigenvalue weighted by Crippen LogP contribution is -2.34. The van der Waals surface area contributed by atoms with Crippen molar-refractivity contribution in [1.82, 2.24) is 0 Å². The van der Waals surface area contributed by atoms with Crippen molar-refractivity contribution in [3.8, 4) is 11.1 Å². The Morgan fingerprint density at radius 2 is 1.02 bits per heavy atom. The standard InChI is InChI=1S/C53H40N2/c1-5-19-37(20-6-1)54(38-21-7-2-8-22-38)41-33-34-46-49(35-41)53(47-31-17-15-27-42(47)43-28-16-18-32-48(43)53)50-36-51(44-29-13-14-30-45(44)52(46)50)55(39-23-9-3-10-24-39)40-25-11-4-12-26-40/h1-25,27-32,34-36,40-41H,26,33H2. The van der Waals surface area contributed by atoms with Crippen LogP contribution in [-0.4, -0.2) is 12.1 Å². The molecule has 0 amide bonds. The summed E-state index contributed by atoms with van der Waals surface area (Å²) in [7, 11) is 0. The molecule has 0 aromatic heterocycles. The summed E-state index contributed by atoms with van der Waals surface area (Å²) >= 11 is 0. The number of fused-ring (bicyclic) bond motifs is 12. The highest BCUT2D eigenvalue weighted by atomic mass is 15.2. The van der Waals surface area contributed by atoms with E-state index in [-0.39, 0.29) is 12.1 Å². The molecule has 0 fully saturated rings. The van der Waals surface area contributed by atoms with Gasteiger partial charge in [-0.05, 0) is 105 Å². The first-order valence-electron chi connectivity index (χ1n) is 19.6. The minimum atomic E-state index is -0.491. The molecule has 2 unspecified atom stereocenters. The second kappa shape index (κ2) is 12.7. The SMILES string of the molecule is C1=CCC(N(c2ccccc2)c2cc3c(c4ccccc24)C2=CCC(N(c4ccccc4)c4ccccc4)C=C2C32c3ccccc3-c3ccccc32)C=C1. The lowest BCUT2D eigenvalue weighted by Gasteiger charge is -2.38. The number of anilines is 4. The number of hydrogen-bond acceptors (Lipinski definition) is 2. The van der Waals surface area contributed by atoms with Crippen LogP contribution < -0.4 is 9.80 Å². The van der Waals surface area contributed by atoms with E-state index in [1.807, 2.05) is 0 Å². The number of nitrogens with zero attached hydrogens (tertiary/aromatic N) is 2. The second-order valence-electron chi connectivity index (χ2n) is 15.1. The lowest BCUT2D eigenvalue weighted by molar-refractivity contribution is 0.736. The number of allylic oxidation sites excluding steroid dienone is 4. The van der Waals surface area contributed by atoms with Crippen LogP contribution in [0.3, 0.4) is 0 Å². The summed E-state index contributed by atoms with van der Waals surface area (Å²) in [4.78, 5) is 5.12. The van der Waals surface area contributed by atoms with E-state index in [1.165, 1.54) is 78.0 Å². The normalized spacial score (nSPS) is 18.3. The van der Waals surface area contributed by atoms with E-state index in [1.54, 1.807) is 0 Å². The van der Waals surface area contributed by atoms with Crippen LogP contribution in [0.25, 0.3) is 27.5 Å². The smallest absolute Gasteiger partial charge is 0.0724 e. The van der Waals surface area contributed by atoms with Gasteiger partial charge >= 0.3 is 0 Å². The maximum Gasteiger partial charge on any atom is 0.0724 e. The molecule has 7 aromatic carbocycles. The highest BCUT2D eigenvalue weighted by Gasteiger charge is 2.55. The molecule has 1 spiro atoms. The van der Waals surface area contributed by atoms with Crippen LogP contribution >= 0.6 is 0 Å². The molecule has 0 aliphatic heterocycles. The fourth-order valence-electron chi connectivity index (χ4n) is 10.1. The predicted molar refractivity (Wildman–Crippen MR) is 230 cm³/mol. The molecule has 0 heterocycles. The van der Waals surface area contributed by atoms with Gasteiger partial charge in [-0.25, -0.2) is 0 Å². The van der Waals surface area contributed by atoms with Gasteiger partial charge in [0.25, 0.3) is 0 Å². The molecule has 262 valence electrons. The van der Waals surface area contributed by atoms with Gasteiger partial charge < -0.3 is 9.80 Å². The van der Waals surface area contributed by atoms with Gasteiger partial charge in [-0.3, -0.25) is 0 Å². The Morgan fingerprint density at radius 1 is 0.473 bits per heavy atom. The third-order valence-corrected chi connectivity index (χ3v) is 12.2.